The van der Waals surface area contributed by atoms with Gasteiger partial charge in [-0.2, -0.15) is 0 Å². The molecule has 1 N–H and O–H groups in total. The highest BCUT2D eigenvalue weighted by Crippen LogP contribution is 2.22. The lowest BCUT2D eigenvalue weighted by molar-refractivity contribution is -0.142. The first-order chi connectivity index (χ1) is 8.45. The van der Waals surface area contributed by atoms with Crippen molar-refractivity contribution in [1.29, 1.82) is 0 Å². The molecule has 1 aromatic rings. The van der Waals surface area contributed by atoms with Gasteiger partial charge < -0.3 is 10.1 Å². The monoisotopic (exact) mass is 275 g/mol. The average Bonchev–Trinajstić information content (AvgIpc) is 2.32. The van der Waals surface area contributed by atoms with Crippen LogP contribution in [0.25, 0.3) is 0 Å². The molecule has 0 saturated carbocycles. The highest BCUT2D eigenvalue weighted by Gasteiger charge is 2.37. The van der Waals surface area contributed by atoms with E-state index in [1.54, 1.807) is 0 Å². The Kier molecular flexibility index (Phi) is 4.20. The molecule has 0 aliphatic carbocycles. The molecule has 0 aromatic heterocycles. The van der Waals surface area contributed by atoms with E-state index in [0.29, 0.717) is 11.6 Å². The molecule has 1 aliphatic rings. The van der Waals surface area contributed by atoms with Crippen molar-refractivity contribution < 1.29 is 13.5 Å². The van der Waals surface area contributed by atoms with Gasteiger partial charge in [0, 0.05) is 24.5 Å². The van der Waals surface area contributed by atoms with Crippen molar-refractivity contribution in [3.63, 3.8) is 0 Å². The number of hydrogen-bond acceptors (Lipinski definition) is 2. The van der Waals surface area contributed by atoms with E-state index in [2.05, 4.69) is 5.32 Å². The topological polar surface area (TPSA) is 21.3 Å². The molecule has 0 bridgehead atoms. The van der Waals surface area contributed by atoms with Crippen LogP contribution >= 0.6 is 11.6 Å². The molecule has 5 heteroatoms. The van der Waals surface area contributed by atoms with Gasteiger partial charge >= 0.3 is 0 Å². The molecule has 18 heavy (non-hydrogen) atoms. The predicted octanol–water partition coefficient (Wildman–Crippen LogP) is 2.89. The lowest BCUT2D eigenvalue weighted by Gasteiger charge is -2.33. The summed E-state index contributed by atoms with van der Waals surface area (Å²) in [7, 11) is 0. The maximum atomic E-state index is 13.0. The highest BCUT2D eigenvalue weighted by atomic mass is 35.5. The molecule has 2 rings (SSSR count). The van der Waals surface area contributed by atoms with E-state index >= 15 is 0 Å². The van der Waals surface area contributed by atoms with Gasteiger partial charge in [0.25, 0.3) is 5.92 Å². The van der Waals surface area contributed by atoms with Gasteiger partial charge in [-0.25, -0.2) is 8.78 Å². The van der Waals surface area contributed by atoms with Crippen molar-refractivity contribution in [1.82, 2.24) is 5.32 Å². The summed E-state index contributed by atoms with van der Waals surface area (Å²) in [5.74, 6) is -2.79. The smallest absolute Gasteiger partial charge is 0.272 e. The summed E-state index contributed by atoms with van der Waals surface area (Å²) in [5.41, 5.74) is 1.11. The zero-order valence-electron chi connectivity index (χ0n) is 10.1. The summed E-state index contributed by atoms with van der Waals surface area (Å²) in [6.45, 7) is 1.37. The predicted molar refractivity (Wildman–Crippen MR) is 67.3 cm³/mol. The third kappa shape index (κ3) is 3.64. The first-order valence-corrected chi connectivity index (χ1v) is 6.30. The summed E-state index contributed by atoms with van der Waals surface area (Å²) in [6.07, 6.45) is -0.280. The summed E-state index contributed by atoms with van der Waals surface area (Å²) in [4.78, 5) is 0. The van der Waals surface area contributed by atoms with E-state index in [1.807, 2.05) is 24.3 Å². The fraction of sp³-hybridized carbons (Fsp3) is 0.538. The van der Waals surface area contributed by atoms with Crippen molar-refractivity contribution in [2.24, 2.45) is 0 Å². The van der Waals surface area contributed by atoms with E-state index in [9.17, 15) is 8.78 Å². The Morgan fingerprint density at radius 2 is 2.06 bits per heavy atom. The molecule has 2 unspecified atom stereocenters. The van der Waals surface area contributed by atoms with Crippen molar-refractivity contribution in [3.8, 4) is 0 Å². The first kappa shape index (κ1) is 13.7. The number of morpholine rings is 1. The van der Waals surface area contributed by atoms with Gasteiger partial charge in [0.1, 0.15) is 6.10 Å². The second kappa shape index (κ2) is 5.51. The lowest BCUT2D eigenvalue weighted by Crippen LogP contribution is -2.52. The Morgan fingerprint density at radius 1 is 1.39 bits per heavy atom. The molecule has 1 heterocycles. The molecule has 2 atom stereocenters. The number of hydrogen-bond donors (Lipinski definition) is 1. The molecular formula is C13H16ClF2NO. The van der Waals surface area contributed by atoms with Crippen molar-refractivity contribution in [2.75, 3.05) is 13.2 Å². The minimum atomic E-state index is -2.79. The number of nitrogens with one attached hydrogen (secondary N) is 1. The van der Waals surface area contributed by atoms with Gasteiger partial charge in [-0.1, -0.05) is 23.7 Å². The minimum absolute atomic E-state index is 0.0739. The van der Waals surface area contributed by atoms with Crippen LogP contribution in [0.3, 0.4) is 0 Å². The Morgan fingerprint density at radius 3 is 2.56 bits per heavy atom. The van der Waals surface area contributed by atoms with Crippen LogP contribution in [-0.4, -0.2) is 31.2 Å². The fourth-order valence-corrected chi connectivity index (χ4v) is 2.11. The maximum Gasteiger partial charge on any atom is 0.272 e. The van der Waals surface area contributed by atoms with E-state index in [-0.39, 0.29) is 12.6 Å². The van der Waals surface area contributed by atoms with Gasteiger partial charge in [0.15, 0.2) is 0 Å². The quantitative estimate of drug-likeness (QED) is 0.916. The molecule has 0 spiro atoms. The second-order valence-corrected chi connectivity index (χ2v) is 5.15. The molecule has 2 nitrogen and oxygen atoms in total. The maximum absolute atomic E-state index is 13.0. The molecule has 1 saturated heterocycles. The van der Waals surface area contributed by atoms with Gasteiger partial charge in [-0.05, 0) is 24.1 Å². The van der Waals surface area contributed by atoms with Crippen LogP contribution < -0.4 is 5.32 Å². The highest BCUT2D eigenvalue weighted by molar-refractivity contribution is 6.30. The van der Waals surface area contributed by atoms with Crippen LogP contribution in [0.1, 0.15) is 12.5 Å². The SMILES string of the molecule is CC(F)(F)C1CNC(Cc2ccc(Cl)cc2)CO1. The lowest BCUT2D eigenvalue weighted by atomic mass is 10.0. The Bertz CT molecular complexity index is 383. The van der Waals surface area contributed by atoms with E-state index in [0.717, 1.165) is 18.9 Å². The molecule has 0 amide bonds. The summed E-state index contributed by atoms with van der Waals surface area (Å²) in [6, 6.07) is 7.59. The van der Waals surface area contributed by atoms with E-state index in [1.165, 1.54) is 0 Å². The number of rotatable bonds is 3. The molecule has 100 valence electrons. The van der Waals surface area contributed by atoms with Gasteiger partial charge in [0.05, 0.1) is 6.61 Å². The number of alkyl halides is 2. The summed E-state index contributed by atoms with van der Waals surface area (Å²) >= 11 is 5.80. The van der Waals surface area contributed by atoms with Crippen LogP contribution in [0, 0.1) is 0 Å². The van der Waals surface area contributed by atoms with Crippen LogP contribution in [-0.2, 0) is 11.2 Å². The summed E-state index contributed by atoms with van der Waals surface area (Å²) in [5, 5.41) is 3.79. The Balaban J connectivity index is 1.85. The molecule has 1 aromatic carbocycles. The first-order valence-electron chi connectivity index (χ1n) is 5.92. The van der Waals surface area contributed by atoms with Gasteiger partial charge in [-0.3, -0.25) is 0 Å². The molecule has 1 fully saturated rings. The number of halogens is 3. The standard InChI is InChI=1S/C13H16ClF2NO/c1-13(15,16)12-7-17-11(8-18-12)6-9-2-4-10(14)5-3-9/h2-5,11-12,17H,6-8H2,1H3. The fourth-order valence-electron chi connectivity index (χ4n) is 1.99. The summed E-state index contributed by atoms with van der Waals surface area (Å²) < 4.78 is 31.3. The van der Waals surface area contributed by atoms with E-state index < -0.39 is 12.0 Å². The van der Waals surface area contributed by atoms with Crippen molar-refractivity contribution >= 4 is 11.6 Å². The molecule has 1 aliphatic heterocycles. The van der Waals surface area contributed by atoms with Crippen LogP contribution in [0.5, 0.6) is 0 Å². The largest absolute Gasteiger partial charge is 0.369 e. The Hall–Kier alpha value is -0.710. The molecular weight excluding hydrogens is 260 g/mol. The number of benzene rings is 1. The third-order valence-electron chi connectivity index (χ3n) is 3.05. The van der Waals surface area contributed by atoms with Crippen LogP contribution in [0.15, 0.2) is 24.3 Å². The zero-order valence-corrected chi connectivity index (χ0v) is 10.9. The normalized spacial score (nSPS) is 25.1. The average molecular weight is 276 g/mol. The molecule has 0 radical (unpaired) electrons. The second-order valence-electron chi connectivity index (χ2n) is 4.71. The minimum Gasteiger partial charge on any atom is -0.369 e. The Labute approximate surface area is 110 Å². The number of ether oxygens (including phenoxy) is 1. The van der Waals surface area contributed by atoms with Crippen molar-refractivity contribution in [2.45, 2.75) is 31.4 Å². The zero-order chi connectivity index (χ0) is 13.2. The van der Waals surface area contributed by atoms with Crippen molar-refractivity contribution in [3.05, 3.63) is 34.9 Å². The van der Waals surface area contributed by atoms with Gasteiger partial charge in [-0.15, -0.1) is 0 Å². The van der Waals surface area contributed by atoms with Gasteiger partial charge in [0.2, 0.25) is 0 Å². The third-order valence-corrected chi connectivity index (χ3v) is 3.30. The van der Waals surface area contributed by atoms with Crippen LogP contribution in [0.2, 0.25) is 5.02 Å². The van der Waals surface area contributed by atoms with E-state index in [4.69, 9.17) is 16.3 Å². The van der Waals surface area contributed by atoms with Crippen LogP contribution in [0.4, 0.5) is 8.78 Å².